The quantitative estimate of drug-likeness (QED) is 0.161. The maximum Gasteiger partial charge on any atom is 0.253 e. The summed E-state index contributed by atoms with van der Waals surface area (Å²) in [4.78, 5) is 17.1. The molecule has 4 nitrogen and oxygen atoms in total. The fraction of sp³-hybridized carbons (Fsp3) is 0.341. The Morgan fingerprint density at radius 1 is 0.660 bits per heavy atom. The molecule has 1 aromatic heterocycles. The van der Waals surface area contributed by atoms with Gasteiger partial charge in [0.05, 0.1) is 4.90 Å². The van der Waals surface area contributed by atoms with Gasteiger partial charge in [-0.2, -0.15) is 0 Å². The average Bonchev–Trinajstić information content (AvgIpc) is 3.50. The number of carbonyl (C=O) groups is 1. The van der Waals surface area contributed by atoms with E-state index < -0.39 is 9.84 Å². The first-order valence-electron chi connectivity index (χ1n) is 17.2. The Hall–Kier alpha value is -4.00. The first-order valence-corrected chi connectivity index (χ1v) is 19.9. The molecule has 0 saturated carbocycles. The molecular weight excluding hydrogens is 655 g/mol. The summed E-state index contributed by atoms with van der Waals surface area (Å²) in [5.74, 6) is -0.0159. The van der Waals surface area contributed by atoms with Crippen LogP contribution < -0.4 is 0 Å². The minimum Gasteiger partial charge on any atom is -0.345 e. The highest BCUT2D eigenvalue weighted by Gasteiger charge is 2.26. The minimum absolute atomic E-state index is 0.00530. The predicted octanol–water partition coefficient (Wildman–Crippen LogP) is 11.0. The normalized spacial score (nSPS) is 12.6. The van der Waals surface area contributed by atoms with Gasteiger partial charge in [-0.25, -0.2) is 8.42 Å². The van der Waals surface area contributed by atoms with Crippen molar-refractivity contribution in [3.63, 3.8) is 0 Å². The van der Waals surface area contributed by atoms with Crippen LogP contribution in [0.2, 0.25) is 0 Å². The van der Waals surface area contributed by atoms with Crippen LogP contribution in [0.4, 0.5) is 0 Å². The van der Waals surface area contributed by atoms with Crippen LogP contribution in [-0.4, -0.2) is 39.6 Å². The molecule has 0 N–H and O–H groups in total. The number of thiophene rings is 1. The average molecular weight is 706 g/mol. The highest BCUT2D eigenvalue weighted by atomic mass is 32.2. The van der Waals surface area contributed by atoms with Crippen molar-refractivity contribution in [1.29, 1.82) is 0 Å². The van der Waals surface area contributed by atoms with E-state index in [9.17, 15) is 13.2 Å². The Morgan fingerprint density at radius 3 is 1.88 bits per heavy atom. The lowest BCUT2D eigenvalue weighted by molar-refractivity contribution is 0.0827. The van der Waals surface area contributed by atoms with Gasteiger partial charge in [-0.1, -0.05) is 116 Å². The molecule has 0 aliphatic rings. The van der Waals surface area contributed by atoms with Crippen molar-refractivity contribution in [3.8, 4) is 32.7 Å². The molecule has 0 radical (unpaired) electrons. The van der Waals surface area contributed by atoms with E-state index in [1.807, 2.05) is 41.7 Å². The Balaban J connectivity index is 1.71. The van der Waals surface area contributed by atoms with Gasteiger partial charge in [0.1, 0.15) is 0 Å². The van der Waals surface area contributed by atoms with Crippen molar-refractivity contribution in [2.75, 3.05) is 20.4 Å². The number of sulfone groups is 1. The van der Waals surface area contributed by atoms with Crippen LogP contribution in [0.3, 0.4) is 0 Å². The molecule has 0 bridgehead atoms. The number of carbonyl (C=O) groups excluding carboxylic acids is 1. The molecule has 0 atom stereocenters. The summed E-state index contributed by atoms with van der Waals surface area (Å²) in [6.07, 6.45) is 1.98. The molecule has 1 amide bonds. The summed E-state index contributed by atoms with van der Waals surface area (Å²) in [6, 6.07) is 33.4. The summed E-state index contributed by atoms with van der Waals surface area (Å²) >= 11 is 1.81. The first-order chi connectivity index (χ1) is 23.1. The molecule has 262 valence electrons. The number of amides is 1. The molecule has 0 fully saturated rings. The maximum atomic E-state index is 12.7. The maximum absolute atomic E-state index is 12.7. The van der Waals surface area contributed by atoms with Crippen molar-refractivity contribution in [1.82, 2.24) is 4.90 Å². The van der Waals surface area contributed by atoms with Crippen molar-refractivity contribution >= 4 is 27.1 Å². The zero-order chi connectivity index (χ0) is 36.8. The molecule has 1 heterocycles. The molecule has 0 aliphatic carbocycles. The summed E-state index contributed by atoms with van der Waals surface area (Å²) in [5.41, 5.74) is 9.41. The van der Waals surface area contributed by atoms with Crippen LogP contribution >= 0.6 is 11.3 Å². The number of benzene rings is 4. The van der Waals surface area contributed by atoms with Crippen molar-refractivity contribution in [2.45, 2.75) is 83.0 Å². The Kier molecular flexibility index (Phi) is 10.1. The molecule has 0 unspecified atom stereocenters. The summed E-state index contributed by atoms with van der Waals surface area (Å²) in [7, 11) is 0.212. The standard InChI is InChI=1S/C44H51NO3S2/c1-42(2,3)35-15-12-14-32(25-35)33-22-29(28-44(7,8)36-16-13-17-37(26-36)50(11,47)48)23-34(24-33)38-27-39(43(4,5)6)49-40(38)30-18-20-31(21-19-30)41(46)45(9)10/h12-27H,28H2,1-11H3. The van der Waals surface area contributed by atoms with Gasteiger partial charge in [0, 0.05) is 41.2 Å². The van der Waals surface area contributed by atoms with E-state index in [-0.39, 0.29) is 22.2 Å². The van der Waals surface area contributed by atoms with Crippen LogP contribution in [0.5, 0.6) is 0 Å². The highest BCUT2D eigenvalue weighted by molar-refractivity contribution is 7.90. The summed E-state index contributed by atoms with van der Waals surface area (Å²) in [5, 5.41) is 0. The molecule has 50 heavy (non-hydrogen) atoms. The second kappa shape index (κ2) is 13.6. The third-order valence-corrected chi connectivity index (χ3v) is 12.0. The zero-order valence-corrected chi connectivity index (χ0v) is 33.1. The summed E-state index contributed by atoms with van der Waals surface area (Å²) in [6.45, 7) is 17.8. The minimum atomic E-state index is -3.33. The van der Waals surface area contributed by atoms with Crippen LogP contribution in [0.15, 0.2) is 102 Å². The fourth-order valence-corrected chi connectivity index (χ4v) is 8.16. The molecule has 0 saturated heterocycles. The lowest BCUT2D eigenvalue weighted by Crippen LogP contribution is -2.21. The number of hydrogen-bond acceptors (Lipinski definition) is 4. The fourth-order valence-electron chi connectivity index (χ4n) is 6.25. The molecule has 6 heteroatoms. The van der Waals surface area contributed by atoms with Gasteiger partial charge in [-0.3, -0.25) is 4.79 Å². The summed E-state index contributed by atoms with van der Waals surface area (Å²) < 4.78 is 24.9. The van der Waals surface area contributed by atoms with Gasteiger partial charge < -0.3 is 4.90 Å². The van der Waals surface area contributed by atoms with Crippen molar-refractivity contribution < 1.29 is 13.2 Å². The zero-order valence-electron chi connectivity index (χ0n) is 31.4. The third kappa shape index (κ3) is 8.30. The van der Waals surface area contributed by atoms with E-state index in [1.165, 1.54) is 32.7 Å². The lowest BCUT2D eigenvalue weighted by Gasteiger charge is -2.27. The number of rotatable bonds is 8. The van der Waals surface area contributed by atoms with Crippen LogP contribution in [-0.2, 0) is 32.5 Å². The molecular formula is C44H51NO3S2. The number of nitrogens with zero attached hydrogens (tertiary/aromatic N) is 1. The Labute approximate surface area is 304 Å². The van der Waals surface area contributed by atoms with Crippen molar-refractivity contribution in [2.24, 2.45) is 0 Å². The van der Waals surface area contributed by atoms with E-state index in [0.29, 0.717) is 16.9 Å². The van der Waals surface area contributed by atoms with E-state index in [4.69, 9.17) is 0 Å². The lowest BCUT2D eigenvalue weighted by atomic mass is 9.78. The van der Waals surface area contributed by atoms with E-state index in [2.05, 4.69) is 116 Å². The predicted molar refractivity (Wildman–Crippen MR) is 212 cm³/mol. The monoisotopic (exact) mass is 705 g/mol. The van der Waals surface area contributed by atoms with Crippen molar-refractivity contribution in [3.05, 3.63) is 124 Å². The van der Waals surface area contributed by atoms with Crippen LogP contribution in [0, 0.1) is 0 Å². The van der Waals surface area contributed by atoms with E-state index in [1.54, 1.807) is 25.1 Å². The number of hydrogen-bond donors (Lipinski definition) is 0. The van der Waals surface area contributed by atoms with Crippen LogP contribution in [0.1, 0.15) is 87.3 Å². The van der Waals surface area contributed by atoms with Gasteiger partial charge in [0.15, 0.2) is 9.84 Å². The Morgan fingerprint density at radius 2 is 1.28 bits per heavy atom. The Bertz CT molecular complexity index is 2140. The smallest absolute Gasteiger partial charge is 0.253 e. The van der Waals surface area contributed by atoms with Gasteiger partial charge in [0.25, 0.3) is 5.91 Å². The highest BCUT2D eigenvalue weighted by Crippen LogP contribution is 2.45. The van der Waals surface area contributed by atoms with E-state index in [0.717, 1.165) is 27.8 Å². The molecule has 4 aromatic carbocycles. The molecule has 5 aromatic rings. The van der Waals surface area contributed by atoms with Gasteiger partial charge in [-0.15, -0.1) is 11.3 Å². The van der Waals surface area contributed by atoms with Gasteiger partial charge >= 0.3 is 0 Å². The van der Waals surface area contributed by atoms with Gasteiger partial charge in [0.2, 0.25) is 0 Å². The topological polar surface area (TPSA) is 54.5 Å². The molecule has 0 spiro atoms. The van der Waals surface area contributed by atoms with E-state index >= 15 is 0 Å². The molecule has 5 rings (SSSR count). The first kappa shape index (κ1) is 37.3. The third-order valence-electron chi connectivity index (χ3n) is 9.33. The van der Waals surface area contributed by atoms with Gasteiger partial charge in [-0.05, 0) is 98.0 Å². The second-order valence-electron chi connectivity index (χ2n) is 16.5. The largest absolute Gasteiger partial charge is 0.345 e. The molecule has 0 aliphatic heterocycles. The second-order valence-corrected chi connectivity index (χ2v) is 19.6. The van der Waals surface area contributed by atoms with Crippen LogP contribution in [0.25, 0.3) is 32.7 Å². The SMILES string of the molecule is CN(C)C(=O)c1ccc(-c2sc(C(C)(C)C)cc2-c2cc(CC(C)(C)c3cccc(S(C)(=O)=O)c3)cc(-c3cccc(C(C)(C)C)c3)c2)cc1.